The zero-order valence-electron chi connectivity index (χ0n) is 15.1. The molecule has 0 saturated carbocycles. The van der Waals surface area contributed by atoms with E-state index in [1.165, 1.54) is 23.9 Å². The zero-order valence-corrected chi connectivity index (χ0v) is 15.1. The molecule has 4 rings (SSSR count). The molecule has 0 radical (unpaired) electrons. The maximum atomic E-state index is 13.9. The van der Waals surface area contributed by atoms with Crippen LogP contribution in [0, 0.1) is 5.82 Å². The molecular formula is C21H20FN3O2. The maximum absolute atomic E-state index is 13.9. The summed E-state index contributed by atoms with van der Waals surface area (Å²) in [6, 6.07) is 12.4. The second-order valence-corrected chi connectivity index (χ2v) is 6.69. The Hall–Kier alpha value is -2.99. The molecule has 1 aliphatic rings. The van der Waals surface area contributed by atoms with E-state index < -0.39 is 11.4 Å². The highest BCUT2D eigenvalue weighted by Gasteiger charge is 2.13. The van der Waals surface area contributed by atoms with E-state index in [1.807, 2.05) is 12.1 Å². The number of halogens is 1. The van der Waals surface area contributed by atoms with Crippen LogP contribution in [-0.2, 0) is 0 Å². The molecule has 2 aromatic carbocycles. The van der Waals surface area contributed by atoms with Crippen molar-refractivity contribution in [1.82, 2.24) is 9.88 Å². The molecule has 0 N–H and O–H groups in total. The predicted octanol–water partition coefficient (Wildman–Crippen LogP) is 3.25. The Kier molecular flexibility index (Phi) is 4.73. The monoisotopic (exact) mass is 365 g/mol. The summed E-state index contributed by atoms with van der Waals surface area (Å²) in [6.45, 7) is 4.16. The molecule has 0 aliphatic carbocycles. The number of piperazine rings is 1. The lowest BCUT2D eigenvalue weighted by Crippen LogP contribution is -2.44. The van der Waals surface area contributed by atoms with Crippen LogP contribution in [-0.4, -0.2) is 43.1 Å². The maximum Gasteiger partial charge on any atom is 0.347 e. The molecule has 1 aromatic heterocycles. The van der Waals surface area contributed by atoms with Gasteiger partial charge in [0.1, 0.15) is 11.3 Å². The molecule has 3 aromatic rings. The highest BCUT2D eigenvalue weighted by Crippen LogP contribution is 2.19. The summed E-state index contributed by atoms with van der Waals surface area (Å²) in [5.74, 6) is -0.452. The van der Waals surface area contributed by atoms with Crippen LogP contribution in [0.5, 0.6) is 0 Å². The number of fused-ring (bicyclic) bond motifs is 1. The van der Waals surface area contributed by atoms with Gasteiger partial charge in [-0.1, -0.05) is 18.2 Å². The third-order valence-electron chi connectivity index (χ3n) is 4.81. The van der Waals surface area contributed by atoms with Gasteiger partial charge in [0.15, 0.2) is 0 Å². The van der Waals surface area contributed by atoms with E-state index in [-0.39, 0.29) is 16.8 Å². The summed E-state index contributed by atoms with van der Waals surface area (Å²) in [7, 11) is 2.14. The lowest BCUT2D eigenvalue weighted by Gasteiger charge is -2.34. The van der Waals surface area contributed by atoms with Gasteiger partial charge in [-0.3, -0.25) is 0 Å². The van der Waals surface area contributed by atoms with E-state index >= 15 is 0 Å². The lowest BCUT2D eigenvalue weighted by atomic mass is 10.1. The minimum absolute atomic E-state index is 0.0267. The summed E-state index contributed by atoms with van der Waals surface area (Å²) in [6.07, 6.45) is 3.38. The topological polar surface area (TPSA) is 49.6 Å². The number of hydrogen-bond donors (Lipinski definition) is 0. The first kappa shape index (κ1) is 17.4. The first-order chi connectivity index (χ1) is 13.1. The fourth-order valence-electron chi connectivity index (χ4n) is 3.18. The van der Waals surface area contributed by atoms with Crippen molar-refractivity contribution < 1.29 is 8.81 Å². The van der Waals surface area contributed by atoms with Gasteiger partial charge in [0, 0.05) is 37.9 Å². The summed E-state index contributed by atoms with van der Waals surface area (Å²) in [5, 5.41) is 0.142. The van der Waals surface area contributed by atoms with Gasteiger partial charge in [0.25, 0.3) is 0 Å². The SMILES string of the molecule is CN1CCN(c2ccc(/C=C/c3nc4c(F)cccc4c(=O)o3)cc2)CC1. The van der Waals surface area contributed by atoms with Crippen LogP contribution in [0.3, 0.4) is 0 Å². The highest BCUT2D eigenvalue weighted by atomic mass is 19.1. The van der Waals surface area contributed by atoms with Crippen molar-refractivity contribution in [1.29, 1.82) is 0 Å². The average Bonchev–Trinajstić information content (AvgIpc) is 2.68. The Morgan fingerprint density at radius 1 is 1.04 bits per heavy atom. The Morgan fingerprint density at radius 2 is 1.78 bits per heavy atom. The van der Waals surface area contributed by atoms with Crippen molar-refractivity contribution in [2.45, 2.75) is 0 Å². The van der Waals surface area contributed by atoms with Crippen molar-refractivity contribution in [3.8, 4) is 0 Å². The first-order valence-electron chi connectivity index (χ1n) is 8.91. The molecule has 0 atom stereocenters. The number of anilines is 1. The average molecular weight is 365 g/mol. The van der Waals surface area contributed by atoms with Gasteiger partial charge in [-0.05, 0) is 43.0 Å². The number of likely N-dealkylation sites (N-methyl/N-ethyl adjacent to an activating group) is 1. The third-order valence-corrected chi connectivity index (χ3v) is 4.81. The molecule has 27 heavy (non-hydrogen) atoms. The molecule has 5 nitrogen and oxygen atoms in total. The van der Waals surface area contributed by atoms with Crippen LogP contribution >= 0.6 is 0 Å². The van der Waals surface area contributed by atoms with Crippen molar-refractivity contribution in [3.63, 3.8) is 0 Å². The second-order valence-electron chi connectivity index (χ2n) is 6.69. The molecule has 138 valence electrons. The summed E-state index contributed by atoms with van der Waals surface area (Å²) >= 11 is 0. The van der Waals surface area contributed by atoms with Crippen LogP contribution in [0.4, 0.5) is 10.1 Å². The lowest BCUT2D eigenvalue weighted by molar-refractivity contribution is 0.313. The molecule has 1 fully saturated rings. The van der Waals surface area contributed by atoms with Gasteiger partial charge in [-0.15, -0.1) is 0 Å². The van der Waals surface area contributed by atoms with Crippen LogP contribution in [0.25, 0.3) is 23.1 Å². The Bertz CT molecular complexity index is 1040. The number of benzene rings is 2. The number of para-hydroxylation sites is 1. The van der Waals surface area contributed by atoms with Crippen LogP contribution < -0.4 is 10.5 Å². The molecule has 0 amide bonds. The minimum atomic E-state index is -0.593. The largest absolute Gasteiger partial charge is 0.404 e. The van der Waals surface area contributed by atoms with E-state index in [4.69, 9.17) is 4.42 Å². The van der Waals surface area contributed by atoms with E-state index in [0.29, 0.717) is 0 Å². The number of rotatable bonds is 3. The van der Waals surface area contributed by atoms with Crippen molar-refractivity contribution in [2.24, 2.45) is 0 Å². The van der Waals surface area contributed by atoms with Crippen LogP contribution in [0.2, 0.25) is 0 Å². The number of nitrogens with zero attached hydrogens (tertiary/aromatic N) is 3. The molecule has 0 unspecified atom stereocenters. The number of aromatic nitrogens is 1. The smallest absolute Gasteiger partial charge is 0.347 e. The van der Waals surface area contributed by atoms with Crippen molar-refractivity contribution in [3.05, 3.63) is 70.2 Å². The zero-order chi connectivity index (χ0) is 18.8. The summed E-state index contributed by atoms with van der Waals surface area (Å²) < 4.78 is 19.0. The minimum Gasteiger partial charge on any atom is -0.404 e. The highest BCUT2D eigenvalue weighted by molar-refractivity contribution is 5.79. The molecule has 6 heteroatoms. The van der Waals surface area contributed by atoms with Gasteiger partial charge < -0.3 is 14.2 Å². The molecule has 2 heterocycles. The molecule has 0 spiro atoms. The molecule has 0 bridgehead atoms. The van der Waals surface area contributed by atoms with Gasteiger partial charge in [0.05, 0.1) is 5.39 Å². The normalized spacial score (nSPS) is 15.7. The third kappa shape index (κ3) is 3.75. The van der Waals surface area contributed by atoms with Crippen LogP contribution in [0.1, 0.15) is 11.5 Å². The van der Waals surface area contributed by atoms with Gasteiger partial charge in [-0.25, -0.2) is 14.2 Å². The fraction of sp³-hybridized carbons (Fsp3) is 0.238. The van der Waals surface area contributed by atoms with Gasteiger partial charge in [-0.2, -0.15) is 0 Å². The van der Waals surface area contributed by atoms with E-state index in [0.717, 1.165) is 31.7 Å². The Morgan fingerprint density at radius 3 is 2.52 bits per heavy atom. The fourth-order valence-corrected chi connectivity index (χ4v) is 3.18. The van der Waals surface area contributed by atoms with Gasteiger partial charge >= 0.3 is 5.63 Å². The van der Waals surface area contributed by atoms with E-state index in [9.17, 15) is 9.18 Å². The molecule has 1 saturated heterocycles. The van der Waals surface area contributed by atoms with Crippen LogP contribution in [0.15, 0.2) is 51.7 Å². The Balaban J connectivity index is 1.54. The number of hydrogen-bond acceptors (Lipinski definition) is 5. The summed E-state index contributed by atoms with van der Waals surface area (Å²) in [4.78, 5) is 20.8. The predicted molar refractivity (Wildman–Crippen MR) is 105 cm³/mol. The van der Waals surface area contributed by atoms with E-state index in [2.05, 4.69) is 34.0 Å². The van der Waals surface area contributed by atoms with Gasteiger partial charge in [0.2, 0.25) is 5.89 Å². The van der Waals surface area contributed by atoms with E-state index in [1.54, 1.807) is 12.2 Å². The summed E-state index contributed by atoms with van der Waals surface area (Å²) in [5.41, 5.74) is 1.58. The molecular weight excluding hydrogens is 345 g/mol. The first-order valence-corrected chi connectivity index (χ1v) is 8.91. The van der Waals surface area contributed by atoms with Crippen molar-refractivity contribution in [2.75, 3.05) is 38.1 Å². The quantitative estimate of drug-likeness (QED) is 0.713. The standard InChI is InChI=1S/C21H20FN3O2/c1-24-11-13-25(14-12-24)16-8-5-15(6-9-16)7-10-19-23-20-17(21(26)27-19)3-2-4-18(20)22/h2-10H,11-14H2,1H3/b10-7+. The Labute approximate surface area is 156 Å². The molecule has 1 aliphatic heterocycles. The van der Waals surface area contributed by atoms with Crippen molar-refractivity contribution >= 4 is 28.7 Å². The second kappa shape index (κ2) is 7.32.